The van der Waals surface area contributed by atoms with Crippen LogP contribution in [0.1, 0.15) is 26.2 Å². The summed E-state index contributed by atoms with van der Waals surface area (Å²) in [5.74, 6) is -2.51. The van der Waals surface area contributed by atoms with Gasteiger partial charge in [0.25, 0.3) is 0 Å². The molecule has 0 heterocycles. The van der Waals surface area contributed by atoms with Gasteiger partial charge in [0, 0.05) is 18.9 Å². The van der Waals surface area contributed by atoms with Crippen molar-refractivity contribution in [2.75, 3.05) is 13.7 Å². The van der Waals surface area contributed by atoms with Gasteiger partial charge in [0.1, 0.15) is 6.04 Å². The highest BCUT2D eigenvalue weighted by atomic mass is 16.5. The normalized spacial score (nSPS) is 13.5. The van der Waals surface area contributed by atoms with Crippen molar-refractivity contribution in [2.45, 2.75) is 32.2 Å². The number of hydrogen-bond acceptors (Lipinski definition) is 5. The molecule has 0 aromatic heterocycles. The molecule has 0 aromatic rings. The van der Waals surface area contributed by atoms with Crippen LogP contribution < -0.4 is 11.1 Å². The predicted octanol–water partition coefficient (Wildman–Crippen LogP) is -0.506. The fraction of sp³-hybridized carbons (Fsp3) is 0.727. The third kappa shape index (κ3) is 5.62. The van der Waals surface area contributed by atoms with Crippen molar-refractivity contribution >= 4 is 17.8 Å². The number of amides is 1. The van der Waals surface area contributed by atoms with Crippen molar-refractivity contribution < 1.29 is 24.2 Å². The minimum absolute atomic E-state index is 0.00521. The van der Waals surface area contributed by atoms with E-state index in [9.17, 15) is 14.4 Å². The van der Waals surface area contributed by atoms with Gasteiger partial charge in [-0.3, -0.25) is 9.59 Å². The molecule has 1 amide bonds. The number of methoxy groups -OCH3 is 1. The molecule has 0 radical (unpaired) electrons. The van der Waals surface area contributed by atoms with Crippen LogP contribution in [0.2, 0.25) is 0 Å². The highest BCUT2D eigenvalue weighted by molar-refractivity contribution is 5.85. The minimum Gasteiger partial charge on any atom is -0.480 e. The van der Waals surface area contributed by atoms with Gasteiger partial charge in [-0.15, -0.1) is 0 Å². The largest absolute Gasteiger partial charge is 0.480 e. The van der Waals surface area contributed by atoms with E-state index >= 15 is 0 Å². The molecule has 0 saturated carbocycles. The van der Waals surface area contributed by atoms with Gasteiger partial charge in [-0.2, -0.15) is 0 Å². The Balaban J connectivity index is 4.40. The maximum atomic E-state index is 11.7. The second-order valence-corrected chi connectivity index (χ2v) is 3.86. The van der Waals surface area contributed by atoms with Crippen LogP contribution in [0.25, 0.3) is 0 Å². The number of carboxylic acids is 1. The lowest BCUT2D eigenvalue weighted by molar-refractivity contribution is -0.144. The highest BCUT2D eigenvalue weighted by Gasteiger charge is 2.24. The molecule has 0 rings (SSSR count). The maximum absolute atomic E-state index is 11.7. The number of nitrogens with one attached hydrogen (secondary N) is 1. The van der Waals surface area contributed by atoms with Gasteiger partial charge in [0.05, 0.1) is 7.11 Å². The van der Waals surface area contributed by atoms with Gasteiger partial charge in [-0.1, -0.05) is 6.92 Å². The fourth-order valence-electron chi connectivity index (χ4n) is 1.37. The molecule has 18 heavy (non-hydrogen) atoms. The molecular formula is C11H20N2O5. The molecule has 0 aliphatic rings. The second kappa shape index (κ2) is 8.46. The summed E-state index contributed by atoms with van der Waals surface area (Å²) < 4.78 is 4.41. The van der Waals surface area contributed by atoms with Gasteiger partial charge >= 0.3 is 11.9 Å². The van der Waals surface area contributed by atoms with Crippen molar-refractivity contribution in [1.82, 2.24) is 5.32 Å². The van der Waals surface area contributed by atoms with Crippen LogP contribution in [0.15, 0.2) is 0 Å². The summed E-state index contributed by atoms with van der Waals surface area (Å²) in [5, 5.41) is 11.3. The van der Waals surface area contributed by atoms with Crippen molar-refractivity contribution in [1.29, 1.82) is 0 Å². The first-order valence-corrected chi connectivity index (χ1v) is 5.76. The Hall–Kier alpha value is -1.63. The molecule has 0 aromatic carbocycles. The Morgan fingerprint density at radius 3 is 2.39 bits per heavy atom. The molecule has 0 saturated heterocycles. The lowest BCUT2D eigenvalue weighted by atomic mass is 10.0. The summed E-state index contributed by atoms with van der Waals surface area (Å²) in [5.41, 5.74) is 5.40. The average molecular weight is 260 g/mol. The number of carbonyl (C=O) groups excluding carboxylic acids is 2. The number of ether oxygens (including phenoxy) is 1. The first kappa shape index (κ1) is 16.4. The van der Waals surface area contributed by atoms with Crippen molar-refractivity contribution in [3.05, 3.63) is 0 Å². The van der Waals surface area contributed by atoms with Crippen LogP contribution >= 0.6 is 0 Å². The van der Waals surface area contributed by atoms with E-state index in [-0.39, 0.29) is 19.4 Å². The summed E-state index contributed by atoms with van der Waals surface area (Å²) >= 11 is 0. The van der Waals surface area contributed by atoms with Gasteiger partial charge in [-0.25, -0.2) is 4.79 Å². The van der Waals surface area contributed by atoms with Crippen LogP contribution in [0.4, 0.5) is 0 Å². The van der Waals surface area contributed by atoms with Crippen LogP contribution in [0, 0.1) is 5.92 Å². The van der Waals surface area contributed by atoms with E-state index in [1.54, 1.807) is 6.92 Å². The van der Waals surface area contributed by atoms with E-state index in [0.717, 1.165) is 0 Å². The zero-order chi connectivity index (χ0) is 14.1. The minimum atomic E-state index is -1.18. The molecule has 0 aliphatic heterocycles. The number of carbonyl (C=O) groups is 3. The zero-order valence-electron chi connectivity index (χ0n) is 10.6. The Bertz CT molecular complexity index is 302. The van der Waals surface area contributed by atoms with Gasteiger partial charge in [-0.05, 0) is 12.8 Å². The standard InChI is InChI=1S/C11H20N2O5/c1-3-7(6-12)10(15)13-8(11(16)17)4-5-9(14)18-2/h7-8H,3-6,12H2,1-2H3,(H,13,15)(H,16,17)/t7?,8-/m1/s1. The molecule has 4 N–H and O–H groups in total. The van der Waals surface area contributed by atoms with Crippen LogP contribution in [-0.2, 0) is 19.1 Å². The third-order valence-corrected chi connectivity index (χ3v) is 2.63. The average Bonchev–Trinajstić information content (AvgIpc) is 2.34. The Morgan fingerprint density at radius 1 is 1.39 bits per heavy atom. The molecule has 7 heteroatoms. The molecule has 0 fully saturated rings. The molecule has 0 spiro atoms. The topological polar surface area (TPSA) is 119 Å². The fourth-order valence-corrected chi connectivity index (χ4v) is 1.37. The second-order valence-electron chi connectivity index (χ2n) is 3.86. The number of nitrogens with two attached hydrogens (primary N) is 1. The Kier molecular flexibility index (Phi) is 7.69. The molecular weight excluding hydrogens is 240 g/mol. The number of hydrogen-bond donors (Lipinski definition) is 3. The van der Waals surface area contributed by atoms with E-state index in [1.807, 2.05) is 0 Å². The van der Waals surface area contributed by atoms with E-state index in [2.05, 4.69) is 10.1 Å². The predicted molar refractivity (Wildman–Crippen MR) is 63.7 cm³/mol. The molecule has 1 unspecified atom stereocenters. The third-order valence-electron chi connectivity index (χ3n) is 2.63. The zero-order valence-corrected chi connectivity index (χ0v) is 10.6. The highest BCUT2D eigenvalue weighted by Crippen LogP contribution is 2.04. The Labute approximate surface area is 106 Å². The summed E-state index contributed by atoms with van der Waals surface area (Å²) in [4.78, 5) is 33.5. The van der Waals surface area contributed by atoms with E-state index in [1.165, 1.54) is 7.11 Å². The lowest BCUT2D eigenvalue weighted by Gasteiger charge is -2.18. The van der Waals surface area contributed by atoms with Crippen molar-refractivity contribution in [3.8, 4) is 0 Å². The lowest BCUT2D eigenvalue weighted by Crippen LogP contribution is -2.45. The number of carboxylic acid groups (broad SMARTS) is 1. The summed E-state index contributed by atoms with van der Waals surface area (Å²) in [7, 11) is 1.22. The summed E-state index contributed by atoms with van der Waals surface area (Å²) in [6.07, 6.45) is 0.466. The van der Waals surface area contributed by atoms with Gasteiger partial charge in [0.15, 0.2) is 0 Å². The smallest absolute Gasteiger partial charge is 0.326 e. The first-order chi connectivity index (χ1) is 8.46. The quantitative estimate of drug-likeness (QED) is 0.506. The monoisotopic (exact) mass is 260 g/mol. The van der Waals surface area contributed by atoms with Crippen molar-refractivity contribution in [3.63, 3.8) is 0 Å². The molecule has 104 valence electrons. The van der Waals surface area contributed by atoms with E-state index in [0.29, 0.717) is 6.42 Å². The molecule has 7 nitrogen and oxygen atoms in total. The van der Waals surface area contributed by atoms with Crippen LogP contribution in [0.3, 0.4) is 0 Å². The number of aliphatic carboxylic acids is 1. The van der Waals surface area contributed by atoms with Crippen LogP contribution in [-0.4, -0.2) is 42.6 Å². The Morgan fingerprint density at radius 2 is 2.00 bits per heavy atom. The first-order valence-electron chi connectivity index (χ1n) is 5.76. The molecule has 0 aliphatic carbocycles. The van der Waals surface area contributed by atoms with Gasteiger partial charge < -0.3 is 20.9 Å². The van der Waals surface area contributed by atoms with Gasteiger partial charge in [0.2, 0.25) is 5.91 Å². The van der Waals surface area contributed by atoms with E-state index < -0.39 is 29.8 Å². The SMILES string of the molecule is CCC(CN)C(=O)N[C@H](CCC(=O)OC)C(=O)O. The molecule has 0 bridgehead atoms. The number of esters is 1. The van der Waals surface area contributed by atoms with Crippen LogP contribution in [0.5, 0.6) is 0 Å². The van der Waals surface area contributed by atoms with Crippen molar-refractivity contribution in [2.24, 2.45) is 11.7 Å². The molecule has 2 atom stereocenters. The summed E-state index contributed by atoms with van der Waals surface area (Å²) in [6, 6.07) is -1.10. The van der Waals surface area contributed by atoms with E-state index in [4.69, 9.17) is 10.8 Å². The number of rotatable bonds is 8. The maximum Gasteiger partial charge on any atom is 0.326 e. The summed E-state index contributed by atoms with van der Waals surface area (Å²) in [6.45, 7) is 1.95.